The second-order valence-electron chi connectivity index (χ2n) is 7.55. The summed E-state index contributed by atoms with van der Waals surface area (Å²) in [6, 6.07) is 7.79. The van der Waals surface area contributed by atoms with Crippen molar-refractivity contribution in [2.75, 3.05) is 26.3 Å². The molecule has 148 valence electrons. The molecular formula is C21H22F2N2O3. The molecule has 7 heteroatoms. The Morgan fingerprint density at radius 1 is 1.32 bits per heavy atom. The molecule has 1 atom stereocenters. The summed E-state index contributed by atoms with van der Waals surface area (Å²) in [6.45, 7) is 2.55. The van der Waals surface area contributed by atoms with Crippen LogP contribution in [0.4, 0.5) is 8.78 Å². The molecule has 2 saturated heterocycles. The molecule has 0 bridgehead atoms. The van der Waals surface area contributed by atoms with Gasteiger partial charge in [-0.1, -0.05) is 12.1 Å². The lowest BCUT2D eigenvalue weighted by molar-refractivity contribution is -0.0951. The van der Waals surface area contributed by atoms with Crippen LogP contribution in [-0.4, -0.2) is 47.7 Å². The molecule has 2 aliphatic heterocycles. The van der Waals surface area contributed by atoms with Crippen molar-refractivity contribution < 1.29 is 23.0 Å². The van der Waals surface area contributed by atoms with E-state index in [2.05, 4.69) is 4.98 Å². The molecule has 1 aromatic carbocycles. The van der Waals surface area contributed by atoms with E-state index in [9.17, 15) is 13.6 Å². The third-order valence-electron chi connectivity index (χ3n) is 5.36. The van der Waals surface area contributed by atoms with Crippen LogP contribution in [0.1, 0.15) is 28.8 Å². The lowest BCUT2D eigenvalue weighted by Crippen LogP contribution is -2.63. The summed E-state index contributed by atoms with van der Waals surface area (Å²) in [5.41, 5.74) is 0.549. The molecule has 0 aliphatic carbocycles. The number of carbonyl (C=O) groups is 1. The summed E-state index contributed by atoms with van der Waals surface area (Å²) in [5.74, 6) is -0.824. The number of nitrogens with zero attached hydrogens (tertiary/aromatic N) is 2. The van der Waals surface area contributed by atoms with Crippen molar-refractivity contribution in [3.05, 3.63) is 65.5 Å². The van der Waals surface area contributed by atoms with Gasteiger partial charge in [0.05, 0.1) is 38.1 Å². The number of pyridine rings is 1. The minimum absolute atomic E-state index is 0.0464. The summed E-state index contributed by atoms with van der Waals surface area (Å²) in [4.78, 5) is 17.7. The van der Waals surface area contributed by atoms with Gasteiger partial charge in [0.25, 0.3) is 5.91 Å². The van der Waals surface area contributed by atoms with Crippen molar-refractivity contribution in [1.29, 1.82) is 0 Å². The summed E-state index contributed by atoms with van der Waals surface area (Å²) < 4.78 is 38.5. The number of benzene rings is 1. The van der Waals surface area contributed by atoms with E-state index in [0.717, 1.165) is 24.6 Å². The third-order valence-corrected chi connectivity index (χ3v) is 5.36. The van der Waals surface area contributed by atoms with E-state index in [1.165, 1.54) is 24.4 Å². The number of hydrogen-bond donors (Lipinski definition) is 0. The smallest absolute Gasteiger partial charge is 0.257 e. The molecule has 5 nitrogen and oxygen atoms in total. The fraction of sp³-hybridized carbons (Fsp3) is 0.429. The second-order valence-corrected chi connectivity index (χ2v) is 7.55. The molecule has 4 rings (SSSR count). The predicted molar refractivity (Wildman–Crippen MR) is 97.6 cm³/mol. The molecule has 2 aromatic rings. The highest BCUT2D eigenvalue weighted by atomic mass is 19.1. The van der Waals surface area contributed by atoms with Gasteiger partial charge in [-0.15, -0.1) is 0 Å². The highest BCUT2D eigenvalue weighted by molar-refractivity contribution is 5.95. The van der Waals surface area contributed by atoms with Crippen LogP contribution in [0.25, 0.3) is 0 Å². The molecule has 28 heavy (non-hydrogen) atoms. The number of likely N-dealkylation sites (tertiary alicyclic amines) is 1. The van der Waals surface area contributed by atoms with Crippen LogP contribution in [-0.2, 0) is 16.1 Å². The number of aromatic nitrogens is 1. The van der Waals surface area contributed by atoms with E-state index in [0.29, 0.717) is 38.8 Å². The number of amides is 1. The Morgan fingerprint density at radius 3 is 2.96 bits per heavy atom. The van der Waals surface area contributed by atoms with Crippen LogP contribution < -0.4 is 0 Å². The Kier molecular flexibility index (Phi) is 5.37. The zero-order valence-corrected chi connectivity index (χ0v) is 15.4. The lowest BCUT2D eigenvalue weighted by Gasteiger charge is -2.47. The van der Waals surface area contributed by atoms with Crippen LogP contribution in [0.5, 0.6) is 0 Å². The van der Waals surface area contributed by atoms with E-state index in [-0.39, 0.29) is 22.9 Å². The molecule has 1 unspecified atom stereocenters. The normalized spacial score (nSPS) is 20.4. The number of halogens is 2. The summed E-state index contributed by atoms with van der Waals surface area (Å²) in [5, 5.41) is 0. The van der Waals surface area contributed by atoms with Gasteiger partial charge in [0.1, 0.15) is 11.4 Å². The van der Waals surface area contributed by atoms with Gasteiger partial charge in [0, 0.05) is 12.8 Å². The molecule has 0 saturated carbocycles. The molecular weight excluding hydrogens is 366 g/mol. The highest BCUT2D eigenvalue weighted by Crippen LogP contribution is 2.39. The van der Waals surface area contributed by atoms with Gasteiger partial charge in [0.2, 0.25) is 0 Å². The standard InChI is InChI=1S/C21H22F2N2O3/c22-17-3-1-2-15(8-17)11-27-7-5-16-9-21(28-12-16)13-25(14-21)20(26)18-4-6-24-10-19(18)23/h1-4,6,8,10,16H,5,7,9,11-14H2. The third kappa shape index (κ3) is 4.05. The maximum absolute atomic E-state index is 13.7. The first-order valence-corrected chi connectivity index (χ1v) is 9.40. The largest absolute Gasteiger partial charge is 0.377 e. The average Bonchev–Trinajstić information content (AvgIpc) is 3.09. The van der Waals surface area contributed by atoms with E-state index < -0.39 is 5.82 Å². The van der Waals surface area contributed by atoms with Crippen LogP contribution in [0.3, 0.4) is 0 Å². The predicted octanol–water partition coefficient (Wildman–Crippen LogP) is 3.20. The summed E-state index contributed by atoms with van der Waals surface area (Å²) in [7, 11) is 0. The van der Waals surface area contributed by atoms with Crippen molar-refractivity contribution in [3.63, 3.8) is 0 Å². The topological polar surface area (TPSA) is 51.7 Å². The van der Waals surface area contributed by atoms with Gasteiger partial charge in [-0.3, -0.25) is 9.78 Å². The van der Waals surface area contributed by atoms with E-state index in [4.69, 9.17) is 9.47 Å². The number of hydrogen-bond acceptors (Lipinski definition) is 4. The van der Waals surface area contributed by atoms with Crippen LogP contribution in [0, 0.1) is 17.6 Å². The van der Waals surface area contributed by atoms with Gasteiger partial charge in [-0.25, -0.2) is 8.78 Å². The maximum atomic E-state index is 13.7. The molecule has 1 amide bonds. The van der Waals surface area contributed by atoms with Crippen molar-refractivity contribution in [2.24, 2.45) is 5.92 Å². The molecule has 1 aromatic heterocycles. The fourth-order valence-corrected chi connectivity index (χ4v) is 3.92. The van der Waals surface area contributed by atoms with Crippen LogP contribution in [0.15, 0.2) is 42.7 Å². The Morgan fingerprint density at radius 2 is 2.18 bits per heavy atom. The van der Waals surface area contributed by atoms with Gasteiger partial charge in [0.15, 0.2) is 5.82 Å². The van der Waals surface area contributed by atoms with E-state index in [1.54, 1.807) is 11.0 Å². The van der Waals surface area contributed by atoms with Crippen molar-refractivity contribution in [3.8, 4) is 0 Å². The quantitative estimate of drug-likeness (QED) is 0.714. The first-order chi connectivity index (χ1) is 13.5. The lowest BCUT2D eigenvalue weighted by atomic mass is 9.85. The fourth-order valence-electron chi connectivity index (χ4n) is 3.92. The number of rotatable bonds is 6. The minimum atomic E-state index is -0.603. The average molecular weight is 388 g/mol. The number of ether oxygens (including phenoxy) is 2. The van der Waals surface area contributed by atoms with Crippen molar-refractivity contribution in [2.45, 2.75) is 25.0 Å². The van der Waals surface area contributed by atoms with Crippen LogP contribution >= 0.6 is 0 Å². The Bertz CT molecular complexity index is 855. The van der Waals surface area contributed by atoms with Gasteiger partial charge >= 0.3 is 0 Å². The Balaban J connectivity index is 1.20. The summed E-state index contributed by atoms with van der Waals surface area (Å²) >= 11 is 0. The van der Waals surface area contributed by atoms with Gasteiger partial charge in [-0.2, -0.15) is 0 Å². The molecule has 2 aliphatic rings. The van der Waals surface area contributed by atoms with E-state index in [1.807, 2.05) is 6.07 Å². The Hall–Kier alpha value is -2.38. The molecule has 3 heterocycles. The first kappa shape index (κ1) is 19.0. The highest BCUT2D eigenvalue weighted by Gasteiger charge is 2.51. The molecule has 0 N–H and O–H groups in total. The summed E-state index contributed by atoms with van der Waals surface area (Å²) in [6.07, 6.45) is 4.18. The minimum Gasteiger partial charge on any atom is -0.377 e. The first-order valence-electron chi connectivity index (χ1n) is 9.40. The maximum Gasteiger partial charge on any atom is 0.257 e. The zero-order valence-electron chi connectivity index (χ0n) is 15.4. The van der Waals surface area contributed by atoms with Gasteiger partial charge < -0.3 is 14.4 Å². The van der Waals surface area contributed by atoms with Crippen molar-refractivity contribution in [1.82, 2.24) is 9.88 Å². The SMILES string of the molecule is O=C(c1ccncc1F)N1CC2(CC(CCOCc3cccc(F)c3)CO2)C1. The van der Waals surface area contributed by atoms with Crippen LogP contribution in [0.2, 0.25) is 0 Å². The monoisotopic (exact) mass is 388 g/mol. The molecule has 2 fully saturated rings. The van der Waals surface area contributed by atoms with Gasteiger partial charge in [-0.05, 0) is 42.5 Å². The Labute approximate surface area is 162 Å². The van der Waals surface area contributed by atoms with Crippen molar-refractivity contribution >= 4 is 5.91 Å². The van der Waals surface area contributed by atoms with E-state index >= 15 is 0 Å². The second kappa shape index (κ2) is 7.93. The zero-order chi connectivity index (χ0) is 19.6. The number of carbonyl (C=O) groups excluding carboxylic acids is 1. The molecule has 1 spiro atoms. The molecule has 0 radical (unpaired) electrons.